The van der Waals surface area contributed by atoms with Crippen LogP contribution in [-0.2, 0) is 17.8 Å². The molecule has 0 aliphatic heterocycles. The highest BCUT2D eigenvalue weighted by molar-refractivity contribution is 7.18. The molecule has 4 rings (SSSR count). The third-order valence-corrected chi connectivity index (χ3v) is 5.74. The highest BCUT2D eigenvalue weighted by Crippen LogP contribution is 2.22. The van der Waals surface area contributed by atoms with Gasteiger partial charge in [-0.3, -0.25) is 19.5 Å². The molecular weight excluding hydrogens is 408 g/mol. The van der Waals surface area contributed by atoms with Crippen LogP contribution < -0.4 is 11.1 Å². The Labute approximate surface area is 174 Å². The molecule has 154 valence electrons. The Morgan fingerprint density at radius 3 is 2.90 bits per heavy atom. The molecule has 0 aliphatic rings. The SMILES string of the molecule is O=C(CCCn1c(=O)oc2cc([N+](=O)[O-])ccc21)NCCc1nc2ccccc2s1. The van der Waals surface area contributed by atoms with Crippen LogP contribution in [0.2, 0.25) is 0 Å². The van der Waals surface area contributed by atoms with Crippen LogP contribution >= 0.6 is 11.3 Å². The summed E-state index contributed by atoms with van der Waals surface area (Å²) >= 11 is 1.62. The normalized spacial score (nSPS) is 11.2. The molecule has 1 amide bonds. The molecule has 0 fully saturated rings. The number of aryl methyl sites for hydroxylation is 1. The summed E-state index contributed by atoms with van der Waals surface area (Å²) in [4.78, 5) is 38.9. The van der Waals surface area contributed by atoms with Crippen molar-refractivity contribution >= 4 is 44.2 Å². The van der Waals surface area contributed by atoms with Gasteiger partial charge < -0.3 is 9.73 Å². The number of para-hydroxylation sites is 1. The van der Waals surface area contributed by atoms with Crippen molar-refractivity contribution in [1.82, 2.24) is 14.9 Å². The smallest absolute Gasteiger partial charge is 0.407 e. The van der Waals surface area contributed by atoms with E-state index in [1.807, 2.05) is 24.3 Å². The number of oxazole rings is 1. The van der Waals surface area contributed by atoms with Crippen molar-refractivity contribution in [3.05, 3.63) is 68.1 Å². The highest BCUT2D eigenvalue weighted by atomic mass is 32.1. The third-order valence-electron chi connectivity index (χ3n) is 4.65. The second-order valence-electron chi connectivity index (χ2n) is 6.71. The number of nitrogens with zero attached hydrogens (tertiary/aromatic N) is 3. The lowest BCUT2D eigenvalue weighted by Gasteiger charge is -2.05. The van der Waals surface area contributed by atoms with E-state index in [9.17, 15) is 19.7 Å². The molecular formula is C20H18N4O5S. The van der Waals surface area contributed by atoms with E-state index in [1.165, 1.54) is 22.8 Å². The molecule has 30 heavy (non-hydrogen) atoms. The Bertz CT molecular complexity index is 1260. The number of benzene rings is 2. The Hall–Kier alpha value is -3.53. The van der Waals surface area contributed by atoms with E-state index in [-0.39, 0.29) is 30.1 Å². The van der Waals surface area contributed by atoms with E-state index in [4.69, 9.17) is 4.42 Å². The van der Waals surface area contributed by atoms with Crippen molar-refractivity contribution in [2.75, 3.05) is 6.54 Å². The summed E-state index contributed by atoms with van der Waals surface area (Å²) in [5, 5.41) is 14.7. The van der Waals surface area contributed by atoms with Gasteiger partial charge in [0.25, 0.3) is 5.69 Å². The zero-order valence-corrected chi connectivity index (χ0v) is 16.7. The monoisotopic (exact) mass is 426 g/mol. The van der Waals surface area contributed by atoms with Crippen molar-refractivity contribution in [3.63, 3.8) is 0 Å². The average molecular weight is 426 g/mol. The molecule has 10 heteroatoms. The minimum absolute atomic E-state index is 0.104. The van der Waals surface area contributed by atoms with Crippen LogP contribution in [0.5, 0.6) is 0 Å². The molecule has 2 aromatic carbocycles. The van der Waals surface area contributed by atoms with Crippen molar-refractivity contribution < 1.29 is 14.1 Å². The van der Waals surface area contributed by atoms with Crippen molar-refractivity contribution in [2.45, 2.75) is 25.8 Å². The number of rotatable bonds is 8. The molecule has 0 radical (unpaired) electrons. The summed E-state index contributed by atoms with van der Waals surface area (Å²) in [6.07, 6.45) is 1.36. The largest absolute Gasteiger partial charge is 0.419 e. The second-order valence-corrected chi connectivity index (χ2v) is 7.82. The zero-order chi connectivity index (χ0) is 21.1. The van der Waals surface area contributed by atoms with Gasteiger partial charge in [-0.1, -0.05) is 12.1 Å². The predicted molar refractivity (Wildman–Crippen MR) is 113 cm³/mol. The Balaban J connectivity index is 1.27. The number of nitrogens with one attached hydrogen (secondary N) is 1. The number of aromatic nitrogens is 2. The van der Waals surface area contributed by atoms with Gasteiger partial charge in [-0.15, -0.1) is 11.3 Å². The van der Waals surface area contributed by atoms with E-state index in [1.54, 1.807) is 11.3 Å². The van der Waals surface area contributed by atoms with Crippen LogP contribution in [0.25, 0.3) is 21.3 Å². The number of fused-ring (bicyclic) bond motifs is 2. The summed E-state index contributed by atoms with van der Waals surface area (Å²) < 4.78 is 7.59. The third kappa shape index (κ3) is 4.23. The Morgan fingerprint density at radius 1 is 1.27 bits per heavy atom. The summed E-state index contributed by atoms with van der Waals surface area (Å²) in [6.45, 7) is 0.784. The van der Waals surface area contributed by atoms with Crippen LogP contribution in [0.4, 0.5) is 5.69 Å². The molecule has 0 unspecified atom stereocenters. The highest BCUT2D eigenvalue weighted by Gasteiger charge is 2.14. The van der Waals surface area contributed by atoms with Gasteiger partial charge in [0.05, 0.1) is 31.7 Å². The number of carbonyl (C=O) groups is 1. The summed E-state index contributed by atoms with van der Waals surface area (Å²) in [6, 6.07) is 11.9. The maximum Gasteiger partial charge on any atom is 0.419 e. The van der Waals surface area contributed by atoms with Crippen LogP contribution in [0.15, 0.2) is 51.7 Å². The maximum atomic E-state index is 12.1. The van der Waals surface area contributed by atoms with Gasteiger partial charge in [-0.05, 0) is 24.6 Å². The summed E-state index contributed by atoms with van der Waals surface area (Å²) in [5.74, 6) is -0.700. The number of thiazole rings is 1. The van der Waals surface area contributed by atoms with Crippen LogP contribution in [-0.4, -0.2) is 26.9 Å². The fourth-order valence-corrected chi connectivity index (χ4v) is 4.17. The molecule has 0 atom stereocenters. The first-order chi connectivity index (χ1) is 14.5. The minimum Gasteiger partial charge on any atom is -0.407 e. The van der Waals surface area contributed by atoms with Crippen molar-refractivity contribution in [2.24, 2.45) is 0 Å². The number of amides is 1. The fraction of sp³-hybridized carbons (Fsp3) is 0.250. The molecule has 2 heterocycles. The lowest BCUT2D eigenvalue weighted by atomic mass is 10.2. The summed E-state index contributed by atoms with van der Waals surface area (Å²) in [5.41, 5.74) is 1.46. The van der Waals surface area contributed by atoms with E-state index >= 15 is 0 Å². The van der Waals surface area contributed by atoms with Crippen LogP contribution in [0, 0.1) is 10.1 Å². The Morgan fingerprint density at radius 2 is 2.10 bits per heavy atom. The van der Waals surface area contributed by atoms with Gasteiger partial charge in [-0.25, -0.2) is 9.78 Å². The summed E-state index contributed by atoms with van der Waals surface area (Å²) in [7, 11) is 0. The number of nitro benzene ring substituents is 1. The molecule has 9 nitrogen and oxygen atoms in total. The minimum atomic E-state index is -0.596. The van der Waals surface area contributed by atoms with Gasteiger partial charge in [0.1, 0.15) is 0 Å². The first kappa shape index (κ1) is 19.8. The van der Waals surface area contributed by atoms with Crippen LogP contribution in [0.3, 0.4) is 0 Å². The van der Waals surface area contributed by atoms with Gasteiger partial charge >= 0.3 is 5.76 Å². The van der Waals surface area contributed by atoms with Gasteiger partial charge in [0.2, 0.25) is 5.91 Å². The van der Waals surface area contributed by atoms with E-state index in [2.05, 4.69) is 10.3 Å². The molecule has 0 bridgehead atoms. The molecule has 4 aromatic rings. The number of nitro groups is 1. The van der Waals surface area contributed by atoms with Gasteiger partial charge in [0, 0.05) is 32.0 Å². The molecule has 0 aliphatic carbocycles. The number of carbonyl (C=O) groups excluding carboxylic acids is 1. The Kier molecular flexibility index (Phi) is 5.57. The van der Waals surface area contributed by atoms with E-state index < -0.39 is 10.7 Å². The predicted octanol–water partition coefficient (Wildman–Crippen LogP) is 3.25. The zero-order valence-electron chi connectivity index (χ0n) is 15.9. The standard InChI is InChI=1S/C20H18N4O5S/c25-18(21-10-9-19-22-14-4-1-2-5-17(14)30-19)6-3-11-23-15-8-7-13(24(27)28)12-16(15)29-20(23)26/h1-2,4-5,7-8,12H,3,6,9-11H2,(H,21,25). The van der Waals surface area contributed by atoms with Crippen LogP contribution in [0.1, 0.15) is 17.8 Å². The number of hydrogen-bond donors (Lipinski definition) is 1. The van der Waals surface area contributed by atoms with Gasteiger partial charge in [0.15, 0.2) is 5.58 Å². The first-order valence-electron chi connectivity index (χ1n) is 9.40. The number of hydrogen-bond acceptors (Lipinski definition) is 7. The molecule has 0 spiro atoms. The quantitative estimate of drug-likeness (QED) is 0.341. The second kappa shape index (κ2) is 8.46. The average Bonchev–Trinajstić information content (AvgIpc) is 3.27. The molecule has 1 N–H and O–H groups in total. The van der Waals surface area contributed by atoms with E-state index in [0.29, 0.717) is 24.9 Å². The maximum absolute atomic E-state index is 12.1. The number of non-ortho nitro benzene ring substituents is 1. The molecule has 2 aromatic heterocycles. The fourth-order valence-electron chi connectivity index (χ4n) is 3.20. The molecule has 0 saturated carbocycles. The van der Waals surface area contributed by atoms with Crippen molar-refractivity contribution in [3.8, 4) is 0 Å². The van der Waals surface area contributed by atoms with Gasteiger partial charge in [-0.2, -0.15) is 0 Å². The first-order valence-corrected chi connectivity index (χ1v) is 10.2. The lowest BCUT2D eigenvalue weighted by molar-refractivity contribution is -0.384. The van der Waals surface area contributed by atoms with Crippen molar-refractivity contribution in [1.29, 1.82) is 0 Å². The van der Waals surface area contributed by atoms with E-state index in [0.717, 1.165) is 15.2 Å². The lowest BCUT2D eigenvalue weighted by Crippen LogP contribution is -2.26. The topological polar surface area (TPSA) is 120 Å². The molecule has 0 saturated heterocycles.